The summed E-state index contributed by atoms with van der Waals surface area (Å²) in [5.74, 6) is 0.804. The maximum Gasteiger partial charge on any atom is 0.161 e. The quantitative estimate of drug-likeness (QED) is 0.502. The summed E-state index contributed by atoms with van der Waals surface area (Å²) < 4.78 is 24.3. The van der Waals surface area contributed by atoms with Gasteiger partial charge in [-0.3, -0.25) is 0 Å². The molecule has 0 aromatic heterocycles. The van der Waals surface area contributed by atoms with Gasteiger partial charge in [-0.15, -0.1) is 0 Å². The molecule has 4 nitrogen and oxygen atoms in total. The molecule has 0 aliphatic rings. The molecule has 2 rings (SSSR count). The molecule has 0 atom stereocenters. The van der Waals surface area contributed by atoms with Gasteiger partial charge in [0.2, 0.25) is 0 Å². The minimum absolute atomic E-state index is 0.241. The number of nitrogens with zero attached hydrogens (tertiary/aromatic N) is 1. The van der Waals surface area contributed by atoms with Crippen LogP contribution >= 0.6 is 0 Å². The van der Waals surface area contributed by atoms with Gasteiger partial charge in [0.05, 0.1) is 12.8 Å². The zero-order chi connectivity index (χ0) is 15.1. The van der Waals surface area contributed by atoms with Crippen LogP contribution in [0, 0.1) is 5.82 Å². The molecule has 0 unspecified atom stereocenters. The minimum atomic E-state index is -0.296. The summed E-state index contributed by atoms with van der Waals surface area (Å²) in [6.07, 6.45) is 1.30. The largest absolute Gasteiger partial charge is 0.490 e. The van der Waals surface area contributed by atoms with Crippen molar-refractivity contribution in [3.63, 3.8) is 0 Å². The van der Waals surface area contributed by atoms with Gasteiger partial charge in [-0.25, -0.2) is 4.39 Å². The molecular formula is C16H16FNO3. The summed E-state index contributed by atoms with van der Waals surface area (Å²) in [5.41, 5.74) is 1.43. The Morgan fingerprint density at radius 2 is 2.00 bits per heavy atom. The van der Waals surface area contributed by atoms with Gasteiger partial charge in [-0.1, -0.05) is 17.3 Å². The summed E-state index contributed by atoms with van der Waals surface area (Å²) in [4.78, 5) is 0. The van der Waals surface area contributed by atoms with Crippen molar-refractivity contribution >= 4 is 6.21 Å². The van der Waals surface area contributed by atoms with E-state index in [1.54, 1.807) is 30.3 Å². The zero-order valence-electron chi connectivity index (χ0n) is 11.6. The summed E-state index contributed by atoms with van der Waals surface area (Å²) in [6, 6.07) is 11.4. The second kappa shape index (κ2) is 7.28. The van der Waals surface area contributed by atoms with Gasteiger partial charge >= 0.3 is 0 Å². The van der Waals surface area contributed by atoms with Crippen molar-refractivity contribution in [2.45, 2.75) is 13.5 Å². The molecule has 0 saturated heterocycles. The molecular weight excluding hydrogens is 273 g/mol. The first-order valence-corrected chi connectivity index (χ1v) is 6.54. The van der Waals surface area contributed by atoms with E-state index in [1.165, 1.54) is 18.3 Å². The van der Waals surface area contributed by atoms with Crippen LogP contribution in [0.2, 0.25) is 0 Å². The van der Waals surface area contributed by atoms with Gasteiger partial charge in [0.25, 0.3) is 0 Å². The number of hydrogen-bond acceptors (Lipinski definition) is 4. The van der Waals surface area contributed by atoms with Gasteiger partial charge in [0.1, 0.15) is 12.4 Å². The first kappa shape index (κ1) is 14.8. The Labute approximate surface area is 122 Å². The zero-order valence-corrected chi connectivity index (χ0v) is 11.6. The molecule has 5 heteroatoms. The highest BCUT2D eigenvalue weighted by Gasteiger charge is 2.07. The number of ether oxygens (including phenoxy) is 2. The van der Waals surface area contributed by atoms with Crippen molar-refractivity contribution in [2.75, 3.05) is 6.61 Å². The molecule has 2 aromatic carbocycles. The molecule has 0 radical (unpaired) electrons. The Morgan fingerprint density at radius 1 is 1.14 bits per heavy atom. The number of rotatable bonds is 6. The molecule has 21 heavy (non-hydrogen) atoms. The van der Waals surface area contributed by atoms with Gasteiger partial charge in [0, 0.05) is 5.56 Å². The normalized spacial score (nSPS) is 10.8. The number of hydrogen-bond donors (Lipinski definition) is 1. The van der Waals surface area contributed by atoms with Crippen molar-refractivity contribution < 1.29 is 19.1 Å². The topological polar surface area (TPSA) is 51.0 Å². The lowest BCUT2D eigenvalue weighted by molar-refractivity contribution is 0.269. The average molecular weight is 289 g/mol. The highest BCUT2D eigenvalue weighted by Crippen LogP contribution is 2.28. The van der Waals surface area contributed by atoms with E-state index in [9.17, 15) is 4.39 Å². The Balaban J connectivity index is 2.14. The van der Waals surface area contributed by atoms with E-state index in [2.05, 4.69) is 5.16 Å². The lowest BCUT2D eigenvalue weighted by Crippen LogP contribution is -2.00. The fourth-order valence-electron chi connectivity index (χ4n) is 1.85. The third kappa shape index (κ3) is 4.21. The Morgan fingerprint density at radius 3 is 2.71 bits per heavy atom. The number of benzene rings is 2. The molecule has 110 valence electrons. The average Bonchev–Trinajstić information content (AvgIpc) is 2.47. The number of halogens is 1. The Hall–Kier alpha value is -2.56. The molecule has 0 fully saturated rings. The molecule has 0 saturated carbocycles. The van der Waals surface area contributed by atoms with E-state index < -0.39 is 0 Å². The molecule has 0 spiro atoms. The fraction of sp³-hybridized carbons (Fsp3) is 0.188. The minimum Gasteiger partial charge on any atom is -0.490 e. The third-order valence-electron chi connectivity index (χ3n) is 2.76. The summed E-state index contributed by atoms with van der Waals surface area (Å²) in [6.45, 7) is 2.59. The molecule has 0 heterocycles. The van der Waals surface area contributed by atoms with E-state index in [4.69, 9.17) is 14.7 Å². The van der Waals surface area contributed by atoms with Crippen LogP contribution in [0.3, 0.4) is 0 Å². The van der Waals surface area contributed by atoms with Crippen LogP contribution in [0.25, 0.3) is 0 Å². The maximum atomic E-state index is 13.1. The van der Waals surface area contributed by atoms with Crippen LogP contribution in [-0.4, -0.2) is 18.0 Å². The molecule has 0 aliphatic carbocycles. The second-order valence-corrected chi connectivity index (χ2v) is 4.30. The predicted octanol–water partition coefficient (Wildman–Crippen LogP) is 3.61. The number of oxime groups is 1. The molecule has 0 amide bonds. The molecule has 0 bridgehead atoms. The standard InChI is InChI=1S/C16H16FNO3/c1-2-20-16-9-12(10-18-19)6-7-15(16)21-11-13-4-3-5-14(17)8-13/h3-10,19H,2,11H2,1H3/b18-10+. The predicted molar refractivity (Wildman–Crippen MR) is 77.7 cm³/mol. The summed E-state index contributed by atoms with van der Waals surface area (Å²) in [5, 5.41) is 11.5. The van der Waals surface area contributed by atoms with E-state index in [0.717, 1.165) is 5.56 Å². The fourth-order valence-corrected chi connectivity index (χ4v) is 1.85. The van der Waals surface area contributed by atoms with Gasteiger partial charge in [0.15, 0.2) is 11.5 Å². The SMILES string of the molecule is CCOc1cc(/C=N/O)ccc1OCc1cccc(F)c1. The summed E-state index contributed by atoms with van der Waals surface area (Å²) >= 11 is 0. The van der Waals surface area contributed by atoms with Crippen molar-refractivity contribution in [2.24, 2.45) is 5.16 Å². The van der Waals surface area contributed by atoms with E-state index >= 15 is 0 Å². The highest BCUT2D eigenvalue weighted by molar-refractivity contribution is 5.80. The Kier molecular flexibility index (Phi) is 5.15. The van der Waals surface area contributed by atoms with Crippen molar-refractivity contribution in [1.82, 2.24) is 0 Å². The van der Waals surface area contributed by atoms with E-state index in [0.29, 0.717) is 23.7 Å². The van der Waals surface area contributed by atoms with Crippen LogP contribution in [0.4, 0.5) is 4.39 Å². The second-order valence-electron chi connectivity index (χ2n) is 4.30. The van der Waals surface area contributed by atoms with Crippen LogP contribution in [0.15, 0.2) is 47.6 Å². The lowest BCUT2D eigenvalue weighted by atomic mass is 10.2. The monoisotopic (exact) mass is 289 g/mol. The first-order chi connectivity index (χ1) is 10.2. The van der Waals surface area contributed by atoms with Crippen LogP contribution in [0.1, 0.15) is 18.1 Å². The first-order valence-electron chi connectivity index (χ1n) is 6.54. The molecule has 2 aromatic rings. The Bertz CT molecular complexity index is 629. The lowest BCUT2D eigenvalue weighted by Gasteiger charge is -2.12. The summed E-state index contributed by atoms with van der Waals surface area (Å²) in [7, 11) is 0. The van der Waals surface area contributed by atoms with Crippen LogP contribution in [-0.2, 0) is 6.61 Å². The van der Waals surface area contributed by atoms with Crippen molar-refractivity contribution in [3.05, 3.63) is 59.4 Å². The van der Waals surface area contributed by atoms with E-state index in [-0.39, 0.29) is 12.4 Å². The molecule has 1 N–H and O–H groups in total. The van der Waals surface area contributed by atoms with Gasteiger partial charge in [-0.05, 0) is 42.8 Å². The highest BCUT2D eigenvalue weighted by atomic mass is 19.1. The third-order valence-corrected chi connectivity index (χ3v) is 2.76. The van der Waals surface area contributed by atoms with E-state index in [1.807, 2.05) is 6.92 Å². The van der Waals surface area contributed by atoms with Crippen molar-refractivity contribution in [3.8, 4) is 11.5 Å². The van der Waals surface area contributed by atoms with Crippen LogP contribution in [0.5, 0.6) is 11.5 Å². The van der Waals surface area contributed by atoms with Crippen molar-refractivity contribution in [1.29, 1.82) is 0 Å². The smallest absolute Gasteiger partial charge is 0.161 e. The van der Waals surface area contributed by atoms with Gasteiger partial charge < -0.3 is 14.7 Å². The van der Waals surface area contributed by atoms with Crippen LogP contribution < -0.4 is 9.47 Å². The van der Waals surface area contributed by atoms with Gasteiger partial charge in [-0.2, -0.15) is 0 Å². The molecule has 0 aliphatic heterocycles. The maximum absolute atomic E-state index is 13.1.